The van der Waals surface area contributed by atoms with Gasteiger partial charge in [-0.25, -0.2) is 13.8 Å². The first-order valence-electron chi connectivity index (χ1n) is 9.14. The van der Waals surface area contributed by atoms with Crippen molar-refractivity contribution in [3.63, 3.8) is 0 Å². The Hall–Kier alpha value is -3.48. The van der Waals surface area contributed by atoms with E-state index in [0.717, 1.165) is 17.7 Å². The van der Waals surface area contributed by atoms with E-state index in [4.69, 9.17) is 9.47 Å². The molecule has 1 aromatic heterocycles. The van der Waals surface area contributed by atoms with Crippen LogP contribution >= 0.6 is 0 Å². The summed E-state index contributed by atoms with van der Waals surface area (Å²) >= 11 is 0. The third-order valence-corrected chi connectivity index (χ3v) is 4.56. The topological polar surface area (TPSA) is 60.5 Å². The van der Waals surface area contributed by atoms with Crippen LogP contribution in [0.25, 0.3) is 0 Å². The van der Waals surface area contributed by atoms with Gasteiger partial charge >= 0.3 is 0 Å². The molecule has 29 heavy (non-hydrogen) atoms. The number of carbonyl (C=O) groups excluding carboxylic acids is 1. The molecule has 5 nitrogen and oxygen atoms in total. The minimum atomic E-state index is -0.534. The first kappa shape index (κ1) is 18.9. The number of aromatic nitrogens is 1. The smallest absolute Gasteiger partial charge is 0.221 e. The summed E-state index contributed by atoms with van der Waals surface area (Å²) in [4.78, 5) is 15.2. The van der Waals surface area contributed by atoms with Crippen molar-refractivity contribution in [1.29, 1.82) is 0 Å². The van der Waals surface area contributed by atoms with Gasteiger partial charge in [-0.1, -0.05) is 0 Å². The van der Waals surface area contributed by atoms with Gasteiger partial charge in [-0.05, 0) is 60.9 Å². The highest BCUT2D eigenvalue weighted by atomic mass is 19.1. The summed E-state index contributed by atoms with van der Waals surface area (Å²) in [6, 6.07) is 12.1. The predicted molar refractivity (Wildman–Crippen MR) is 103 cm³/mol. The monoisotopic (exact) mass is 396 g/mol. The maximum Gasteiger partial charge on any atom is 0.221 e. The van der Waals surface area contributed by atoms with E-state index in [1.54, 1.807) is 24.3 Å². The molecular weight excluding hydrogens is 378 g/mol. The van der Waals surface area contributed by atoms with Gasteiger partial charge in [-0.2, -0.15) is 0 Å². The molecule has 0 bridgehead atoms. The standard InChI is InChI=1S/C22H18F2N2O3/c1-13(27)26-16-4-9-22(25-12-16)28-17-5-8-20-14(10-17)2-7-21(29-20)18-11-15(23)3-6-19(18)24/h3-6,8-12,21H,2,7H2,1H3,(H,26,27). The minimum Gasteiger partial charge on any atom is -0.485 e. The number of nitrogens with one attached hydrogen (secondary N) is 1. The fourth-order valence-corrected chi connectivity index (χ4v) is 3.25. The molecule has 0 saturated heterocycles. The Morgan fingerprint density at radius 1 is 1.17 bits per heavy atom. The molecule has 0 spiro atoms. The summed E-state index contributed by atoms with van der Waals surface area (Å²) in [5, 5.41) is 2.64. The maximum atomic E-state index is 14.0. The van der Waals surface area contributed by atoms with E-state index in [2.05, 4.69) is 10.3 Å². The van der Waals surface area contributed by atoms with E-state index in [0.29, 0.717) is 35.9 Å². The Balaban J connectivity index is 1.47. The highest BCUT2D eigenvalue weighted by Crippen LogP contribution is 2.38. The van der Waals surface area contributed by atoms with Crippen molar-refractivity contribution >= 4 is 11.6 Å². The third kappa shape index (κ3) is 4.34. The lowest BCUT2D eigenvalue weighted by Crippen LogP contribution is -2.16. The fourth-order valence-electron chi connectivity index (χ4n) is 3.25. The SMILES string of the molecule is CC(=O)Nc1ccc(Oc2ccc3c(c2)CCC(c2cc(F)ccc2F)O3)nc1. The molecule has 0 aliphatic carbocycles. The second kappa shape index (κ2) is 7.87. The van der Waals surface area contributed by atoms with Crippen molar-refractivity contribution in [1.82, 2.24) is 4.98 Å². The Kier molecular flexibility index (Phi) is 5.12. The molecule has 2 aromatic carbocycles. The molecule has 1 unspecified atom stereocenters. The average molecular weight is 396 g/mol. The number of halogens is 2. The predicted octanol–water partition coefficient (Wildman–Crippen LogP) is 5.18. The van der Waals surface area contributed by atoms with Crippen molar-refractivity contribution in [2.45, 2.75) is 25.9 Å². The van der Waals surface area contributed by atoms with Crippen LogP contribution in [0, 0.1) is 11.6 Å². The maximum absolute atomic E-state index is 14.0. The van der Waals surface area contributed by atoms with Gasteiger partial charge in [0, 0.05) is 18.6 Å². The van der Waals surface area contributed by atoms with Crippen LogP contribution in [0.2, 0.25) is 0 Å². The molecule has 148 valence electrons. The normalized spacial score (nSPS) is 15.2. The number of benzene rings is 2. The summed E-state index contributed by atoms with van der Waals surface area (Å²) in [5.41, 5.74) is 1.73. The van der Waals surface area contributed by atoms with Gasteiger partial charge < -0.3 is 14.8 Å². The Bertz CT molecular complexity index is 1050. The lowest BCUT2D eigenvalue weighted by Gasteiger charge is -2.27. The second-order valence-electron chi connectivity index (χ2n) is 6.75. The molecule has 7 heteroatoms. The first-order chi connectivity index (χ1) is 14.0. The third-order valence-electron chi connectivity index (χ3n) is 4.56. The number of ether oxygens (including phenoxy) is 2. The van der Waals surface area contributed by atoms with Gasteiger partial charge in [-0.15, -0.1) is 0 Å². The number of nitrogens with zero attached hydrogens (tertiary/aromatic N) is 1. The second-order valence-corrected chi connectivity index (χ2v) is 6.75. The van der Waals surface area contributed by atoms with Crippen LogP contribution in [0.4, 0.5) is 14.5 Å². The molecule has 3 aromatic rings. The fraction of sp³-hybridized carbons (Fsp3) is 0.182. The molecule has 1 atom stereocenters. The highest BCUT2D eigenvalue weighted by molar-refractivity contribution is 5.88. The summed E-state index contributed by atoms with van der Waals surface area (Å²) in [6.07, 6.45) is 2.15. The highest BCUT2D eigenvalue weighted by Gasteiger charge is 2.24. The van der Waals surface area contributed by atoms with Crippen molar-refractivity contribution < 1.29 is 23.0 Å². The lowest BCUT2D eigenvalue weighted by atomic mass is 9.97. The van der Waals surface area contributed by atoms with Crippen LogP contribution in [0.15, 0.2) is 54.7 Å². The lowest BCUT2D eigenvalue weighted by molar-refractivity contribution is -0.114. The molecule has 0 saturated carbocycles. The van der Waals surface area contributed by atoms with Crippen molar-refractivity contribution in [3.8, 4) is 17.4 Å². The molecular formula is C22H18F2N2O3. The average Bonchev–Trinajstić information content (AvgIpc) is 2.70. The van der Waals surface area contributed by atoms with Gasteiger partial charge in [0.05, 0.1) is 11.9 Å². The van der Waals surface area contributed by atoms with Crippen LogP contribution < -0.4 is 14.8 Å². The zero-order chi connectivity index (χ0) is 20.4. The number of carbonyl (C=O) groups is 1. The van der Waals surface area contributed by atoms with E-state index in [1.807, 2.05) is 6.07 Å². The number of hydrogen-bond acceptors (Lipinski definition) is 4. The largest absolute Gasteiger partial charge is 0.485 e. The van der Waals surface area contributed by atoms with E-state index in [-0.39, 0.29) is 11.5 Å². The van der Waals surface area contributed by atoms with Gasteiger partial charge in [0.1, 0.15) is 29.2 Å². The Morgan fingerprint density at radius 3 is 2.79 bits per heavy atom. The van der Waals surface area contributed by atoms with Crippen molar-refractivity contribution in [2.24, 2.45) is 0 Å². The van der Waals surface area contributed by atoms with Crippen LogP contribution in [0.3, 0.4) is 0 Å². The molecule has 1 N–H and O–H groups in total. The number of pyridine rings is 1. The van der Waals surface area contributed by atoms with Gasteiger partial charge in [0.25, 0.3) is 0 Å². The number of fused-ring (bicyclic) bond motifs is 1. The number of rotatable bonds is 4. The molecule has 4 rings (SSSR count). The number of aryl methyl sites for hydroxylation is 1. The van der Waals surface area contributed by atoms with Crippen molar-refractivity contribution in [3.05, 3.63) is 77.5 Å². The number of hydrogen-bond donors (Lipinski definition) is 1. The van der Waals surface area contributed by atoms with Crippen LogP contribution in [-0.2, 0) is 11.2 Å². The summed E-state index contributed by atoms with van der Waals surface area (Å²) < 4.78 is 39.2. The van der Waals surface area contributed by atoms with E-state index < -0.39 is 17.7 Å². The zero-order valence-electron chi connectivity index (χ0n) is 15.6. The van der Waals surface area contributed by atoms with Gasteiger partial charge in [-0.3, -0.25) is 4.79 Å². The molecule has 0 radical (unpaired) electrons. The van der Waals surface area contributed by atoms with E-state index in [1.165, 1.54) is 19.2 Å². The minimum absolute atomic E-state index is 0.174. The summed E-state index contributed by atoms with van der Waals surface area (Å²) in [5.74, 6) is 0.445. The van der Waals surface area contributed by atoms with Gasteiger partial charge in [0.2, 0.25) is 11.8 Å². The van der Waals surface area contributed by atoms with Crippen molar-refractivity contribution in [2.75, 3.05) is 5.32 Å². The molecule has 1 amide bonds. The quantitative estimate of drug-likeness (QED) is 0.660. The molecule has 0 fully saturated rings. The van der Waals surface area contributed by atoms with E-state index >= 15 is 0 Å². The summed E-state index contributed by atoms with van der Waals surface area (Å²) in [7, 11) is 0. The number of anilines is 1. The molecule has 1 aliphatic heterocycles. The zero-order valence-corrected chi connectivity index (χ0v) is 15.6. The van der Waals surface area contributed by atoms with Crippen LogP contribution in [0.1, 0.15) is 30.6 Å². The first-order valence-corrected chi connectivity index (χ1v) is 9.14. The number of amides is 1. The molecule has 1 aliphatic rings. The summed E-state index contributed by atoms with van der Waals surface area (Å²) in [6.45, 7) is 1.42. The Labute approximate surface area is 166 Å². The molecule has 2 heterocycles. The van der Waals surface area contributed by atoms with Crippen LogP contribution in [-0.4, -0.2) is 10.9 Å². The Morgan fingerprint density at radius 2 is 2.03 bits per heavy atom. The van der Waals surface area contributed by atoms with E-state index in [9.17, 15) is 13.6 Å². The van der Waals surface area contributed by atoms with Crippen LogP contribution in [0.5, 0.6) is 17.4 Å². The van der Waals surface area contributed by atoms with Gasteiger partial charge in [0.15, 0.2) is 0 Å².